The minimum Gasteiger partial charge on any atom is -0.340 e. The predicted octanol–water partition coefficient (Wildman–Crippen LogP) is 1.45. The number of hydrogen-bond donors (Lipinski definition) is 1. The lowest BCUT2D eigenvalue weighted by atomic mass is 9.87. The molecule has 2 aliphatic carbocycles. The monoisotopic (exact) mass is 250 g/mol. The maximum atomic E-state index is 12.7. The molecule has 0 radical (unpaired) electrons. The fourth-order valence-electron chi connectivity index (χ4n) is 3.53. The van der Waals surface area contributed by atoms with Crippen molar-refractivity contribution in [3.63, 3.8) is 0 Å². The van der Waals surface area contributed by atoms with Crippen LogP contribution < -0.4 is 5.32 Å². The van der Waals surface area contributed by atoms with Gasteiger partial charge in [-0.15, -0.1) is 0 Å². The van der Waals surface area contributed by atoms with E-state index in [1.165, 1.54) is 19.3 Å². The molecule has 1 aliphatic heterocycles. The first kappa shape index (κ1) is 12.0. The molecular weight excluding hydrogens is 228 g/mol. The van der Waals surface area contributed by atoms with E-state index in [-0.39, 0.29) is 18.4 Å². The molecule has 1 saturated heterocycles. The van der Waals surface area contributed by atoms with Gasteiger partial charge in [-0.1, -0.05) is 19.3 Å². The van der Waals surface area contributed by atoms with E-state index in [0.717, 1.165) is 25.7 Å². The topological polar surface area (TPSA) is 49.4 Å². The summed E-state index contributed by atoms with van der Waals surface area (Å²) in [7, 11) is 0. The van der Waals surface area contributed by atoms with E-state index < -0.39 is 5.54 Å². The number of nitrogens with zero attached hydrogens (tertiary/aromatic N) is 1. The lowest BCUT2D eigenvalue weighted by Crippen LogP contribution is -2.68. The van der Waals surface area contributed by atoms with E-state index in [9.17, 15) is 9.59 Å². The minimum atomic E-state index is -0.618. The van der Waals surface area contributed by atoms with Crippen molar-refractivity contribution in [1.82, 2.24) is 10.2 Å². The van der Waals surface area contributed by atoms with Crippen LogP contribution in [-0.4, -0.2) is 34.8 Å². The molecule has 1 unspecified atom stereocenters. The second kappa shape index (κ2) is 4.25. The van der Waals surface area contributed by atoms with Crippen LogP contribution in [-0.2, 0) is 9.59 Å². The highest BCUT2D eigenvalue weighted by Crippen LogP contribution is 2.42. The van der Waals surface area contributed by atoms with Crippen LogP contribution in [0.3, 0.4) is 0 Å². The van der Waals surface area contributed by atoms with Crippen molar-refractivity contribution in [2.75, 3.05) is 6.54 Å². The fraction of sp³-hybridized carbons (Fsp3) is 0.857. The molecule has 0 spiro atoms. The summed E-state index contributed by atoms with van der Waals surface area (Å²) in [6.07, 6.45) is 7.93. The molecule has 4 nitrogen and oxygen atoms in total. The molecule has 1 N–H and O–H groups in total. The molecule has 0 aromatic heterocycles. The van der Waals surface area contributed by atoms with E-state index in [4.69, 9.17) is 0 Å². The van der Waals surface area contributed by atoms with Crippen LogP contribution >= 0.6 is 0 Å². The van der Waals surface area contributed by atoms with E-state index in [1.807, 2.05) is 11.8 Å². The van der Waals surface area contributed by atoms with Crippen LogP contribution in [0.1, 0.15) is 51.9 Å². The maximum absolute atomic E-state index is 12.7. The Kier molecular flexibility index (Phi) is 2.83. The third kappa shape index (κ3) is 1.91. The van der Waals surface area contributed by atoms with E-state index in [0.29, 0.717) is 12.0 Å². The first-order valence-electron chi connectivity index (χ1n) is 7.23. The van der Waals surface area contributed by atoms with Crippen LogP contribution in [0.4, 0.5) is 0 Å². The van der Waals surface area contributed by atoms with Crippen molar-refractivity contribution in [2.24, 2.45) is 5.92 Å². The summed E-state index contributed by atoms with van der Waals surface area (Å²) in [6.45, 7) is 2.19. The number of carbonyl (C=O) groups excluding carboxylic acids is 2. The van der Waals surface area contributed by atoms with Gasteiger partial charge >= 0.3 is 0 Å². The van der Waals surface area contributed by atoms with E-state index >= 15 is 0 Å². The highest BCUT2D eigenvalue weighted by molar-refractivity contribution is 5.98. The van der Waals surface area contributed by atoms with Gasteiger partial charge in [0, 0.05) is 6.04 Å². The first-order chi connectivity index (χ1) is 8.61. The lowest BCUT2D eigenvalue weighted by Gasteiger charge is -2.44. The highest BCUT2D eigenvalue weighted by Gasteiger charge is 2.53. The molecule has 4 heteroatoms. The SMILES string of the molecule is CC1(C2CC2)NC(=O)CN(C2CCCCC2)C1=O. The quantitative estimate of drug-likeness (QED) is 0.806. The summed E-state index contributed by atoms with van der Waals surface area (Å²) in [5.41, 5.74) is -0.618. The Balaban J connectivity index is 1.80. The summed E-state index contributed by atoms with van der Waals surface area (Å²) >= 11 is 0. The van der Waals surface area contributed by atoms with E-state index in [2.05, 4.69) is 5.32 Å². The van der Waals surface area contributed by atoms with Crippen molar-refractivity contribution >= 4 is 11.8 Å². The molecule has 1 atom stereocenters. The predicted molar refractivity (Wildman–Crippen MR) is 67.9 cm³/mol. The van der Waals surface area contributed by atoms with Gasteiger partial charge in [0.1, 0.15) is 5.54 Å². The molecule has 18 heavy (non-hydrogen) atoms. The molecule has 1 heterocycles. The van der Waals surface area contributed by atoms with Crippen LogP contribution in [0.15, 0.2) is 0 Å². The third-order valence-electron chi connectivity index (χ3n) is 4.83. The van der Waals surface area contributed by atoms with Gasteiger partial charge in [0.2, 0.25) is 11.8 Å². The van der Waals surface area contributed by atoms with Gasteiger partial charge in [0.05, 0.1) is 6.54 Å². The largest absolute Gasteiger partial charge is 0.340 e. The standard InChI is InChI=1S/C14H22N2O2/c1-14(10-7-8-10)13(18)16(9-12(17)15-14)11-5-3-2-4-6-11/h10-11H,2-9H2,1H3,(H,15,17). The van der Waals surface area contributed by atoms with Crippen molar-refractivity contribution in [3.8, 4) is 0 Å². The van der Waals surface area contributed by atoms with Crippen LogP contribution in [0.5, 0.6) is 0 Å². The zero-order valence-electron chi connectivity index (χ0n) is 11.1. The van der Waals surface area contributed by atoms with Gasteiger partial charge in [-0.3, -0.25) is 9.59 Å². The Labute approximate surface area is 108 Å². The molecule has 2 saturated carbocycles. The summed E-state index contributed by atoms with van der Waals surface area (Å²) in [6, 6.07) is 0.301. The first-order valence-corrected chi connectivity index (χ1v) is 7.23. The Bertz CT molecular complexity index is 372. The van der Waals surface area contributed by atoms with Gasteiger partial charge < -0.3 is 10.2 Å². The van der Waals surface area contributed by atoms with Gasteiger partial charge in [-0.2, -0.15) is 0 Å². The number of carbonyl (C=O) groups is 2. The average Bonchev–Trinajstić information content (AvgIpc) is 3.19. The highest BCUT2D eigenvalue weighted by atomic mass is 16.2. The Morgan fingerprint density at radius 3 is 2.39 bits per heavy atom. The molecule has 0 aromatic carbocycles. The minimum absolute atomic E-state index is 0.0228. The van der Waals surface area contributed by atoms with Crippen LogP contribution in [0.2, 0.25) is 0 Å². The summed E-state index contributed by atoms with van der Waals surface area (Å²) in [5.74, 6) is 0.548. The van der Waals surface area contributed by atoms with Crippen molar-refractivity contribution in [3.05, 3.63) is 0 Å². The number of rotatable bonds is 2. The van der Waals surface area contributed by atoms with Crippen LogP contribution in [0, 0.1) is 5.92 Å². The summed E-state index contributed by atoms with van der Waals surface area (Å²) < 4.78 is 0. The Morgan fingerprint density at radius 2 is 1.78 bits per heavy atom. The summed E-state index contributed by atoms with van der Waals surface area (Å²) in [5, 5.41) is 2.94. The smallest absolute Gasteiger partial charge is 0.249 e. The normalized spacial score (nSPS) is 34.6. The molecule has 3 rings (SSSR count). The zero-order valence-corrected chi connectivity index (χ0v) is 11.1. The second-order valence-electron chi connectivity index (χ2n) is 6.25. The molecular formula is C14H22N2O2. The number of nitrogens with one attached hydrogen (secondary N) is 1. The van der Waals surface area contributed by atoms with Crippen molar-refractivity contribution < 1.29 is 9.59 Å². The molecule has 0 bridgehead atoms. The fourth-order valence-corrected chi connectivity index (χ4v) is 3.53. The Hall–Kier alpha value is -1.06. The maximum Gasteiger partial charge on any atom is 0.249 e. The molecule has 0 aromatic rings. The summed E-state index contributed by atoms with van der Waals surface area (Å²) in [4.78, 5) is 26.5. The molecule has 3 fully saturated rings. The average molecular weight is 250 g/mol. The number of hydrogen-bond acceptors (Lipinski definition) is 2. The van der Waals surface area contributed by atoms with Crippen molar-refractivity contribution in [2.45, 2.75) is 63.5 Å². The molecule has 3 aliphatic rings. The van der Waals surface area contributed by atoms with Gasteiger partial charge in [0.15, 0.2) is 0 Å². The third-order valence-corrected chi connectivity index (χ3v) is 4.83. The number of piperazine rings is 1. The lowest BCUT2D eigenvalue weighted by molar-refractivity contribution is -0.153. The van der Waals surface area contributed by atoms with Crippen LogP contribution in [0.25, 0.3) is 0 Å². The van der Waals surface area contributed by atoms with E-state index in [1.54, 1.807) is 0 Å². The number of amides is 2. The molecule has 100 valence electrons. The molecule has 2 amide bonds. The van der Waals surface area contributed by atoms with Gasteiger partial charge in [-0.05, 0) is 38.5 Å². The Morgan fingerprint density at radius 1 is 1.11 bits per heavy atom. The second-order valence-corrected chi connectivity index (χ2v) is 6.25. The zero-order chi connectivity index (χ0) is 12.8. The van der Waals surface area contributed by atoms with Gasteiger partial charge in [-0.25, -0.2) is 0 Å². The van der Waals surface area contributed by atoms with Gasteiger partial charge in [0.25, 0.3) is 0 Å². The van der Waals surface area contributed by atoms with Crippen molar-refractivity contribution in [1.29, 1.82) is 0 Å².